The Morgan fingerprint density at radius 2 is 1.84 bits per heavy atom. The van der Waals surface area contributed by atoms with Crippen LogP contribution >= 0.6 is 11.6 Å². The van der Waals surface area contributed by atoms with Gasteiger partial charge in [-0.25, -0.2) is 17.5 Å². The van der Waals surface area contributed by atoms with E-state index >= 15 is 0 Å². The molecule has 0 saturated carbocycles. The van der Waals surface area contributed by atoms with E-state index in [2.05, 4.69) is 10.0 Å². The Kier molecular flexibility index (Phi) is 6.92. The fourth-order valence-corrected chi connectivity index (χ4v) is 3.72. The summed E-state index contributed by atoms with van der Waals surface area (Å²) in [7, 11) is -3.76. The molecule has 2 N–H and O–H groups in total. The van der Waals surface area contributed by atoms with Gasteiger partial charge in [-0.05, 0) is 36.2 Å². The highest BCUT2D eigenvalue weighted by Gasteiger charge is 2.17. The van der Waals surface area contributed by atoms with Crippen molar-refractivity contribution in [2.75, 3.05) is 13.1 Å². The highest BCUT2D eigenvalue weighted by Crippen LogP contribution is 2.19. The van der Waals surface area contributed by atoms with E-state index in [1.54, 1.807) is 24.3 Å². The van der Waals surface area contributed by atoms with Crippen molar-refractivity contribution in [3.05, 3.63) is 64.9 Å². The van der Waals surface area contributed by atoms with Crippen LogP contribution in [-0.4, -0.2) is 27.4 Å². The fraction of sp³-hybridized carbons (Fsp3) is 0.235. The van der Waals surface area contributed by atoms with Crippen molar-refractivity contribution in [3.8, 4) is 0 Å². The summed E-state index contributed by atoms with van der Waals surface area (Å²) in [6, 6.07) is 12.2. The monoisotopic (exact) mass is 384 g/mol. The van der Waals surface area contributed by atoms with E-state index in [0.717, 1.165) is 5.56 Å². The molecule has 0 aliphatic carbocycles. The molecule has 0 aliphatic rings. The van der Waals surface area contributed by atoms with E-state index in [1.807, 2.05) is 0 Å². The molecule has 2 aromatic carbocycles. The Morgan fingerprint density at radius 1 is 1.08 bits per heavy atom. The quantitative estimate of drug-likeness (QED) is 0.734. The molecule has 0 atom stereocenters. The molecule has 0 spiro atoms. The molecule has 2 rings (SSSR count). The highest BCUT2D eigenvalue weighted by atomic mass is 35.5. The topological polar surface area (TPSA) is 75.3 Å². The van der Waals surface area contributed by atoms with Gasteiger partial charge >= 0.3 is 0 Å². The first-order valence-corrected chi connectivity index (χ1v) is 9.50. The molecule has 5 nitrogen and oxygen atoms in total. The smallest absolute Gasteiger partial charge is 0.242 e. The number of carbonyl (C=O) groups excluding carboxylic acids is 1. The Morgan fingerprint density at radius 3 is 2.56 bits per heavy atom. The van der Waals surface area contributed by atoms with Gasteiger partial charge in [0.25, 0.3) is 0 Å². The van der Waals surface area contributed by atoms with Crippen LogP contribution in [0.1, 0.15) is 12.0 Å². The van der Waals surface area contributed by atoms with Gasteiger partial charge in [0, 0.05) is 19.5 Å². The predicted octanol–water partition coefficient (Wildman–Crippen LogP) is 2.51. The van der Waals surface area contributed by atoms with E-state index in [1.165, 1.54) is 24.3 Å². The second-order valence-electron chi connectivity index (χ2n) is 5.31. The van der Waals surface area contributed by atoms with Crippen LogP contribution in [0, 0.1) is 5.82 Å². The number of hydrogen-bond acceptors (Lipinski definition) is 3. The number of halogens is 2. The van der Waals surface area contributed by atoms with Crippen LogP contribution in [0.3, 0.4) is 0 Å². The maximum atomic E-state index is 13.0. The number of sulfonamides is 1. The Labute approximate surface area is 151 Å². The van der Waals surface area contributed by atoms with Crippen molar-refractivity contribution in [2.45, 2.75) is 17.7 Å². The molecule has 1 amide bonds. The third kappa shape index (κ3) is 6.12. The number of nitrogens with one attached hydrogen (secondary N) is 2. The van der Waals surface area contributed by atoms with Crippen LogP contribution < -0.4 is 10.0 Å². The maximum Gasteiger partial charge on any atom is 0.242 e. The van der Waals surface area contributed by atoms with Gasteiger partial charge in [0.05, 0.1) is 5.02 Å². The van der Waals surface area contributed by atoms with Crippen LogP contribution in [0.15, 0.2) is 53.4 Å². The van der Waals surface area contributed by atoms with Gasteiger partial charge in [-0.3, -0.25) is 4.79 Å². The molecule has 0 fully saturated rings. The van der Waals surface area contributed by atoms with Gasteiger partial charge in [-0.1, -0.05) is 35.9 Å². The lowest BCUT2D eigenvalue weighted by atomic mass is 10.1. The van der Waals surface area contributed by atoms with Crippen molar-refractivity contribution in [3.63, 3.8) is 0 Å². The molecule has 2 aromatic rings. The van der Waals surface area contributed by atoms with Crippen LogP contribution in [0.25, 0.3) is 0 Å². The van der Waals surface area contributed by atoms with Gasteiger partial charge < -0.3 is 5.32 Å². The van der Waals surface area contributed by atoms with Gasteiger partial charge in [0.1, 0.15) is 10.7 Å². The first kappa shape index (κ1) is 19.4. The minimum absolute atomic E-state index is 0.00711. The number of benzene rings is 2. The predicted molar refractivity (Wildman–Crippen MR) is 94.4 cm³/mol. The normalized spacial score (nSPS) is 11.3. The molecule has 8 heteroatoms. The summed E-state index contributed by atoms with van der Waals surface area (Å²) in [6.45, 7) is 0.304. The summed E-state index contributed by atoms with van der Waals surface area (Å²) < 4.78 is 39.6. The van der Waals surface area contributed by atoms with Gasteiger partial charge in [-0.15, -0.1) is 0 Å². The zero-order valence-electron chi connectivity index (χ0n) is 13.3. The van der Waals surface area contributed by atoms with Gasteiger partial charge in [0.2, 0.25) is 15.9 Å². The average molecular weight is 385 g/mol. The first-order valence-electron chi connectivity index (χ1n) is 7.64. The summed E-state index contributed by atoms with van der Waals surface area (Å²) in [5.74, 6) is -0.615. The molecule has 0 radical (unpaired) electrons. The van der Waals surface area contributed by atoms with E-state index in [9.17, 15) is 17.6 Å². The Bertz CT molecular complexity index is 843. The third-order valence-corrected chi connectivity index (χ3v) is 5.36. The van der Waals surface area contributed by atoms with E-state index in [-0.39, 0.29) is 34.6 Å². The minimum atomic E-state index is -3.76. The molecule has 134 valence electrons. The summed E-state index contributed by atoms with van der Waals surface area (Å²) in [6.07, 6.45) is 0.488. The van der Waals surface area contributed by atoms with E-state index in [0.29, 0.717) is 13.0 Å². The molecular formula is C17H18ClFN2O3S. The van der Waals surface area contributed by atoms with Crippen LogP contribution in [0.4, 0.5) is 4.39 Å². The largest absolute Gasteiger partial charge is 0.356 e. The SMILES string of the molecule is O=C(CCNS(=O)(=O)c1ccccc1Cl)NCCc1cccc(F)c1. The molecule has 0 saturated heterocycles. The third-order valence-electron chi connectivity index (χ3n) is 3.40. The second kappa shape index (κ2) is 8.94. The number of rotatable bonds is 8. The van der Waals surface area contributed by atoms with Crippen LogP contribution in [-0.2, 0) is 21.2 Å². The summed E-state index contributed by atoms with van der Waals surface area (Å²) >= 11 is 5.86. The average Bonchev–Trinajstić information content (AvgIpc) is 2.55. The van der Waals surface area contributed by atoms with E-state index < -0.39 is 10.0 Å². The highest BCUT2D eigenvalue weighted by molar-refractivity contribution is 7.89. The van der Waals surface area contributed by atoms with Crippen molar-refractivity contribution in [2.24, 2.45) is 0 Å². The molecule has 0 aliphatic heterocycles. The fourth-order valence-electron chi connectivity index (χ4n) is 2.17. The first-order chi connectivity index (χ1) is 11.9. The van der Waals surface area contributed by atoms with Crippen LogP contribution in [0.2, 0.25) is 5.02 Å². The van der Waals surface area contributed by atoms with Gasteiger partial charge in [-0.2, -0.15) is 0 Å². The molecule has 0 aromatic heterocycles. The standard InChI is InChI=1S/C17H18ClFN2O3S/c18-15-6-1-2-7-16(15)25(23,24)21-11-9-17(22)20-10-8-13-4-3-5-14(19)12-13/h1-7,12,21H,8-11H2,(H,20,22). The number of amides is 1. The maximum absolute atomic E-state index is 13.0. The van der Waals surface area contributed by atoms with Crippen LogP contribution in [0.5, 0.6) is 0 Å². The lowest BCUT2D eigenvalue weighted by Gasteiger charge is -2.09. The summed E-state index contributed by atoms with van der Waals surface area (Å²) in [5, 5.41) is 2.79. The van der Waals surface area contributed by atoms with Crippen molar-refractivity contribution in [1.29, 1.82) is 0 Å². The zero-order valence-corrected chi connectivity index (χ0v) is 14.9. The van der Waals surface area contributed by atoms with Gasteiger partial charge in [0.15, 0.2) is 0 Å². The summed E-state index contributed by atoms with van der Waals surface area (Å²) in [4.78, 5) is 11.7. The second-order valence-corrected chi connectivity index (χ2v) is 7.45. The lowest BCUT2D eigenvalue weighted by molar-refractivity contribution is -0.120. The number of hydrogen-bond donors (Lipinski definition) is 2. The molecule has 25 heavy (non-hydrogen) atoms. The zero-order chi connectivity index (χ0) is 18.3. The molecule has 0 heterocycles. The Balaban J connectivity index is 1.74. The lowest BCUT2D eigenvalue weighted by Crippen LogP contribution is -2.31. The summed E-state index contributed by atoms with van der Waals surface area (Å²) in [5.41, 5.74) is 0.778. The minimum Gasteiger partial charge on any atom is -0.356 e. The van der Waals surface area contributed by atoms with E-state index in [4.69, 9.17) is 11.6 Å². The van der Waals surface area contributed by atoms with Crippen molar-refractivity contribution in [1.82, 2.24) is 10.0 Å². The van der Waals surface area contributed by atoms with Crippen molar-refractivity contribution >= 4 is 27.5 Å². The molecule has 0 unspecified atom stereocenters. The number of carbonyl (C=O) groups is 1. The molecule has 0 bridgehead atoms. The Hall–Kier alpha value is -1.96. The molecular weight excluding hydrogens is 367 g/mol. The van der Waals surface area contributed by atoms with Crippen molar-refractivity contribution < 1.29 is 17.6 Å².